The zero-order valence-electron chi connectivity index (χ0n) is 7.77. The summed E-state index contributed by atoms with van der Waals surface area (Å²) in [7, 11) is 0. The fraction of sp³-hybridized carbons (Fsp3) is 0.333. The molecular formula is C9H10BrN3S. The summed E-state index contributed by atoms with van der Waals surface area (Å²) in [6.07, 6.45) is 4.92. The van der Waals surface area contributed by atoms with Crippen LogP contribution in [-0.2, 0) is 6.54 Å². The van der Waals surface area contributed by atoms with Crippen molar-refractivity contribution < 1.29 is 0 Å². The van der Waals surface area contributed by atoms with Crippen LogP contribution in [0.2, 0.25) is 0 Å². The van der Waals surface area contributed by atoms with Gasteiger partial charge in [-0.05, 0) is 22.4 Å². The van der Waals surface area contributed by atoms with E-state index in [0.29, 0.717) is 0 Å². The van der Waals surface area contributed by atoms with Gasteiger partial charge in [0, 0.05) is 24.3 Å². The number of halogens is 1. The number of nitrogens with zero attached hydrogens (tertiary/aromatic N) is 3. The highest BCUT2D eigenvalue weighted by atomic mass is 79.9. The van der Waals surface area contributed by atoms with Crippen molar-refractivity contribution in [3.63, 3.8) is 0 Å². The van der Waals surface area contributed by atoms with E-state index in [1.54, 1.807) is 11.3 Å². The molecule has 74 valence electrons. The highest BCUT2D eigenvalue weighted by Gasteiger charge is 2.08. The van der Waals surface area contributed by atoms with Crippen LogP contribution in [0.5, 0.6) is 0 Å². The molecule has 2 aromatic rings. The SMILES string of the molecule is CCCn1ccnc1-c1nc(Br)cs1. The molecule has 3 nitrogen and oxygen atoms in total. The molecule has 0 N–H and O–H groups in total. The van der Waals surface area contributed by atoms with Crippen molar-refractivity contribution in [2.75, 3.05) is 0 Å². The molecule has 0 amide bonds. The number of rotatable bonds is 3. The standard InChI is InChI=1S/C9H10BrN3S/c1-2-4-13-5-3-11-8(13)9-12-7(10)6-14-9/h3,5-6H,2,4H2,1H3. The van der Waals surface area contributed by atoms with Gasteiger partial charge in [-0.25, -0.2) is 9.97 Å². The molecule has 0 aliphatic rings. The molecule has 2 heterocycles. The van der Waals surface area contributed by atoms with Crippen LogP contribution < -0.4 is 0 Å². The second-order valence-corrected chi connectivity index (χ2v) is 4.59. The van der Waals surface area contributed by atoms with Crippen LogP contribution in [0, 0.1) is 0 Å². The maximum absolute atomic E-state index is 4.35. The third-order valence-electron chi connectivity index (χ3n) is 1.85. The van der Waals surface area contributed by atoms with Crippen LogP contribution >= 0.6 is 27.3 Å². The minimum atomic E-state index is 0.878. The molecule has 0 atom stereocenters. The van der Waals surface area contributed by atoms with E-state index in [0.717, 1.165) is 28.4 Å². The van der Waals surface area contributed by atoms with Crippen LogP contribution in [0.4, 0.5) is 0 Å². The van der Waals surface area contributed by atoms with Crippen LogP contribution in [0.3, 0.4) is 0 Å². The van der Waals surface area contributed by atoms with E-state index in [-0.39, 0.29) is 0 Å². The van der Waals surface area contributed by atoms with Crippen molar-refractivity contribution >= 4 is 27.3 Å². The van der Waals surface area contributed by atoms with Gasteiger partial charge >= 0.3 is 0 Å². The molecule has 0 spiro atoms. The molecule has 0 saturated heterocycles. The molecule has 14 heavy (non-hydrogen) atoms. The topological polar surface area (TPSA) is 30.7 Å². The molecule has 0 radical (unpaired) electrons. The average Bonchev–Trinajstić information content (AvgIpc) is 2.74. The summed E-state index contributed by atoms with van der Waals surface area (Å²) >= 11 is 4.95. The van der Waals surface area contributed by atoms with E-state index in [1.165, 1.54) is 0 Å². The summed E-state index contributed by atoms with van der Waals surface area (Å²) in [6, 6.07) is 0. The van der Waals surface area contributed by atoms with Gasteiger partial charge in [0.05, 0.1) is 0 Å². The average molecular weight is 272 g/mol. The smallest absolute Gasteiger partial charge is 0.169 e. The Bertz CT molecular complexity index is 421. The molecule has 2 rings (SSSR count). The second-order valence-electron chi connectivity index (χ2n) is 2.92. The Kier molecular flexibility index (Phi) is 2.98. The zero-order valence-corrected chi connectivity index (χ0v) is 10.2. The quantitative estimate of drug-likeness (QED) is 0.859. The first-order valence-electron chi connectivity index (χ1n) is 4.43. The van der Waals surface area contributed by atoms with E-state index in [9.17, 15) is 0 Å². The number of aromatic nitrogens is 3. The first kappa shape index (κ1) is 9.86. The predicted molar refractivity (Wildman–Crippen MR) is 61.3 cm³/mol. The summed E-state index contributed by atoms with van der Waals surface area (Å²) in [6.45, 7) is 3.15. The van der Waals surface area contributed by atoms with Crippen LogP contribution in [-0.4, -0.2) is 14.5 Å². The fourth-order valence-electron chi connectivity index (χ4n) is 1.29. The fourth-order valence-corrected chi connectivity index (χ4v) is 2.55. The first-order chi connectivity index (χ1) is 6.81. The van der Waals surface area contributed by atoms with E-state index in [1.807, 2.05) is 17.8 Å². The van der Waals surface area contributed by atoms with E-state index in [4.69, 9.17) is 0 Å². The highest BCUT2D eigenvalue weighted by molar-refractivity contribution is 9.10. The lowest BCUT2D eigenvalue weighted by Crippen LogP contribution is -1.97. The van der Waals surface area contributed by atoms with Crippen molar-refractivity contribution in [2.45, 2.75) is 19.9 Å². The van der Waals surface area contributed by atoms with Crippen molar-refractivity contribution in [3.8, 4) is 10.8 Å². The first-order valence-corrected chi connectivity index (χ1v) is 6.11. The van der Waals surface area contributed by atoms with Crippen LogP contribution in [0.25, 0.3) is 10.8 Å². The van der Waals surface area contributed by atoms with Crippen LogP contribution in [0.15, 0.2) is 22.4 Å². The molecule has 0 aromatic carbocycles. The van der Waals surface area contributed by atoms with Crippen molar-refractivity contribution in [1.29, 1.82) is 0 Å². The van der Waals surface area contributed by atoms with Gasteiger partial charge in [-0.3, -0.25) is 0 Å². The summed E-state index contributed by atoms with van der Waals surface area (Å²) in [5.41, 5.74) is 0. The molecule has 2 aromatic heterocycles. The third-order valence-corrected chi connectivity index (χ3v) is 3.39. The Balaban J connectivity index is 2.36. The minimum absolute atomic E-state index is 0.878. The van der Waals surface area contributed by atoms with Gasteiger partial charge in [0.2, 0.25) is 0 Å². The number of thiazole rings is 1. The number of imidazole rings is 1. The molecule has 0 saturated carbocycles. The molecule has 0 unspecified atom stereocenters. The number of aryl methyl sites for hydroxylation is 1. The lowest BCUT2D eigenvalue weighted by Gasteiger charge is -2.02. The van der Waals surface area contributed by atoms with Crippen molar-refractivity contribution in [3.05, 3.63) is 22.4 Å². The zero-order chi connectivity index (χ0) is 9.97. The normalized spacial score (nSPS) is 10.7. The Hall–Kier alpha value is -0.680. The lowest BCUT2D eigenvalue weighted by atomic mass is 10.4. The minimum Gasteiger partial charge on any atom is -0.329 e. The van der Waals surface area contributed by atoms with Crippen molar-refractivity contribution in [1.82, 2.24) is 14.5 Å². The maximum Gasteiger partial charge on any atom is 0.169 e. The molecule has 0 bridgehead atoms. The summed E-state index contributed by atoms with van der Waals surface area (Å²) in [5, 5.41) is 2.94. The van der Waals surface area contributed by atoms with Gasteiger partial charge in [-0.15, -0.1) is 11.3 Å². The Morgan fingerprint density at radius 3 is 3.07 bits per heavy atom. The van der Waals surface area contributed by atoms with E-state index < -0.39 is 0 Å². The molecular weight excluding hydrogens is 262 g/mol. The molecule has 0 aliphatic heterocycles. The number of hydrogen-bond donors (Lipinski definition) is 0. The number of hydrogen-bond acceptors (Lipinski definition) is 3. The summed E-state index contributed by atoms with van der Waals surface area (Å²) < 4.78 is 3.01. The maximum atomic E-state index is 4.35. The van der Waals surface area contributed by atoms with Crippen LogP contribution in [0.1, 0.15) is 13.3 Å². The van der Waals surface area contributed by atoms with E-state index >= 15 is 0 Å². The van der Waals surface area contributed by atoms with Gasteiger partial charge in [0.1, 0.15) is 4.60 Å². The third kappa shape index (κ3) is 1.88. The molecule has 0 aliphatic carbocycles. The predicted octanol–water partition coefficient (Wildman–Crippen LogP) is 3.18. The Labute approximate surface area is 94.9 Å². The lowest BCUT2D eigenvalue weighted by molar-refractivity contribution is 0.685. The van der Waals surface area contributed by atoms with Gasteiger partial charge in [0.15, 0.2) is 10.8 Å². The molecule has 5 heteroatoms. The monoisotopic (exact) mass is 271 g/mol. The van der Waals surface area contributed by atoms with Crippen molar-refractivity contribution in [2.24, 2.45) is 0 Å². The Morgan fingerprint density at radius 1 is 1.57 bits per heavy atom. The second kappa shape index (κ2) is 4.23. The van der Waals surface area contributed by atoms with E-state index in [2.05, 4.69) is 37.4 Å². The van der Waals surface area contributed by atoms with Gasteiger partial charge < -0.3 is 4.57 Å². The largest absolute Gasteiger partial charge is 0.329 e. The summed E-state index contributed by atoms with van der Waals surface area (Å²) in [4.78, 5) is 8.66. The van der Waals surface area contributed by atoms with Gasteiger partial charge in [-0.2, -0.15) is 0 Å². The highest BCUT2D eigenvalue weighted by Crippen LogP contribution is 2.24. The Morgan fingerprint density at radius 2 is 2.43 bits per heavy atom. The van der Waals surface area contributed by atoms with Gasteiger partial charge in [0.25, 0.3) is 0 Å². The molecule has 0 fully saturated rings. The van der Waals surface area contributed by atoms with Gasteiger partial charge in [-0.1, -0.05) is 6.92 Å². The summed E-state index contributed by atoms with van der Waals surface area (Å²) in [5.74, 6) is 0.961.